The van der Waals surface area contributed by atoms with Crippen LogP contribution < -0.4 is 0 Å². The van der Waals surface area contributed by atoms with Crippen molar-refractivity contribution in [1.82, 2.24) is 0 Å². The average molecular weight is 469 g/mol. The molecule has 2 fully saturated rings. The molecule has 1 aromatic rings. The summed E-state index contributed by atoms with van der Waals surface area (Å²) < 4.78 is 6.22. The van der Waals surface area contributed by atoms with Crippen LogP contribution in [-0.2, 0) is 16.0 Å². The number of hydrogen-bond donors (Lipinski definition) is 1. The van der Waals surface area contributed by atoms with Crippen molar-refractivity contribution in [2.24, 2.45) is 29.1 Å². The van der Waals surface area contributed by atoms with Crippen LogP contribution >= 0.6 is 0 Å². The zero-order chi connectivity index (χ0) is 24.3. The lowest BCUT2D eigenvalue weighted by Gasteiger charge is -2.55. The highest BCUT2D eigenvalue weighted by Crippen LogP contribution is 2.64. The van der Waals surface area contributed by atoms with Crippen LogP contribution in [0, 0.1) is 29.1 Å². The van der Waals surface area contributed by atoms with Gasteiger partial charge in [-0.05, 0) is 85.0 Å². The summed E-state index contributed by atoms with van der Waals surface area (Å²) in [4.78, 5) is 12.8. The number of fused-ring (bicyclic) bond motifs is 5. The van der Waals surface area contributed by atoms with Crippen LogP contribution in [0.15, 0.2) is 18.2 Å². The van der Waals surface area contributed by atoms with E-state index >= 15 is 0 Å². The Morgan fingerprint density at radius 3 is 2.47 bits per heavy atom. The summed E-state index contributed by atoms with van der Waals surface area (Å²) in [5.41, 5.74) is 2.90. The number of esters is 1. The first-order valence-electron chi connectivity index (χ1n) is 14.4. The fraction of sp³-hybridized carbons (Fsp3) is 0.774. The van der Waals surface area contributed by atoms with Crippen molar-refractivity contribution in [2.45, 2.75) is 123 Å². The van der Waals surface area contributed by atoms with Crippen molar-refractivity contribution in [3.05, 3.63) is 29.3 Å². The van der Waals surface area contributed by atoms with Crippen LogP contribution in [0.5, 0.6) is 5.75 Å². The maximum atomic E-state index is 12.8. The molecular formula is C31H48O3. The third kappa shape index (κ3) is 5.19. The average Bonchev–Trinajstić information content (AvgIpc) is 3.10. The molecule has 0 amide bonds. The van der Waals surface area contributed by atoms with E-state index in [4.69, 9.17) is 4.74 Å². The zero-order valence-corrected chi connectivity index (χ0v) is 22.2. The highest BCUT2D eigenvalue weighted by molar-refractivity contribution is 5.69. The molecule has 3 nitrogen and oxygen atoms in total. The molecule has 1 N–H and O–H groups in total. The Morgan fingerprint density at radius 2 is 1.74 bits per heavy atom. The molecule has 0 saturated heterocycles. The van der Waals surface area contributed by atoms with Gasteiger partial charge >= 0.3 is 5.97 Å². The molecule has 4 rings (SSSR count). The molecule has 0 radical (unpaired) electrons. The second-order valence-electron chi connectivity index (χ2n) is 12.2. The lowest BCUT2D eigenvalue weighted by atomic mass is 9.50. The van der Waals surface area contributed by atoms with Crippen molar-refractivity contribution in [2.75, 3.05) is 0 Å². The molecule has 0 aliphatic heterocycles. The summed E-state index contributed by atoms with van der Waals surface area (Å²) in [6.07, 6.45) is 15.1. The van der Waals surface area contributed by atoms with Gasteiger partial charge in [0.15, 0.2) is 0 Å². The maximum Gasteiger partial charge on any atom is 0.306 e. The Hall–Kier alpha value is -1.51. The number of rotatable bonds is 10. The molecule has 0 heterocycles. The quantitative estimate of drug-likeness (QED) is 0.278. The molecular weight excluding hydrogens is 420 g/mol. The van der Waals surface area contributed by atoms with E-state index in [1.807, 2.05) is 12.1 Å². The predicted molar refractivity (Wildman–Crippen MR) is 139 cm³/mol. The Labute approximate surface area is 208 Å². The minimum atomic E-state index is 0.0325. The third-order valence-electron chi connectivity index (χ3n) is 9.77. The Bertz CT molecular complexity index is 832. The van der Waals surface area contributed by atoms with Crippen LogP contribution in [0.4, 0.5) is 0 Å². The monoisotopic (exact) mass is 468 g/mol. The largest absolute Gasteiger partial charge is 0.508 e. The van der Waals surface area contributed by atoms with Gasteiger partial charge in [-0.3, -0.25) is 4.79 Å². The van der Waals surface area contributed by atoms with E-state index in [1.54, 1.807) is 0 Å². The summed E-state index contributed by atoms with van der Waals surface area (Å²) >= 11 is 0. The molecule has 3 unspecified atom stereocenters. The smallest absolute Gasteiger partial charge is 0.306 e. The van der Waals surface area contributed by atoms with Crippen LogP contribution in [0.1, 0.15) is 122 Å². The molecule has 2 saturated carbocycles. The Morgan fingerprint density at radius 1 is 1.03 bits per heavy atom. The molecule has 3 aliphatic rings. The first kappa shape index (κ1) is 25.6. The standard InChI is InChI=1S/C31H48O3/c1-5-6-7-8-9-10-11-12-13-28(33)34-27-17-16-26-30-21(2)18-23-19-24(32)14-15-25(23)29(30)22(3)20-31(26,27)4/h14-15,19,21-22,26-27,29-30,32H,5-13,16-18,20H2,1-4H3/t21-,22+,26?,27+,29?,30?,31+/m1/s1. The maximum absolute atomic E-state index is 12.8. The molecule has 3 heteroatoms. The van der Waals surface area contributed by atoms with Crippen LogP contribution in [0.2, 0.25) is 0 Å². The molecule has 7 atom stereocenters. The van der Waals surface area contributed by atoms with E-state index in [9.17, 15) is 9.90 Å². The van der Waals surface area contributed by atoms with E-state index in [2.05, 4.69) is 33.8 Å². The predicted octanol–water partition coefficient (Wildman–Crippen LogP) is 8.18. The first-order valence-corrected chi connectivity index (χ1v) is 14.4. The SMILES string of the molecule is CCCCCCCCCCC(=O)O[C@H]1CCC2C3C(c4ccc(O)cc4C[C@H]3C)[C@@H](C)C[C@@]21C. The number of phenolic OH excluding ortho intramolecular Hbond substituents is 1. The fourth-order valence-corrected chi connectivity index (χ4v) is 8.25. The normalized spacial score (nSPS) is 34.2. The number of phenols is 1. The fourth-order valence-electron chi connectivity index (χ4n) is 8.25. The molecule has 0 spiro atoms. The van der Waals surface area contributed by atoms with Gasteiger partial charge in [-0.1, -0.05) is 78.7 Å². The third-order valence-corrected chi connectivity index (χ3v) is 9.77. The van der Waals surface area contributed by atoms with Crippen LogP contribution in [-0.4, -0.2) is 17.2 Å². The van der Waals surface area contributed by atoms with Crippen molar-refractivity contribution in [1.29, 1.82) is 0 Å². The van der Waals surface area contributed by atoms with Gasteiger partial charge in [0.2, 0.25) is 0 Å². The van der Waals surface area contributed by atoms with Gasteiger partial charge in [0, 0.05) is 11.8 Å². The van der Waals surface area contributed by atoms with Crippen molar-refractivity contribution < 1.29 is 14.6 Å². The van der Waals surface area contributed by atoms with Crippen molar-refractivity contribution >= 4 is 5.97 Å². The minimum absolute atomic E-state index is 0.0325. The van der Waals surface area contributed by atoms with Gasteiger partial charge in [-0.15, -0.1) is 0 Å². The summed E-state index contributed by atoms with van der Waals surface area (Å²) in [6, 6.07) is 6.05. The number of hydrogen-bond acceptors (Lipinski definition) is 3. The first-order chi connectivity index (χ1) is 16.3. The van der Waals surface area contributed by atoms with E-state index in [0.29, 0.717) is 41.8 Å². The highest BCUT2D eigenvalue weighted by Gasteiger charge is 2.59. The van der Waals surface area contributed by atoms with Crippen molar-refractivity contribution in [3.63, 3.8) is 0 Å². The number of unbranched alkanes of at least 4 members (excludes halogenated alkanes) is 7. The molecule has 34 heavy (non-hydrogen) atoms. The van der Waals surface area contributed by atoms with E-state index < -0.39 is 0 Å². The number of carbonyl (C=O) groups is 1. The molecule has 3 aliphatic carbocycles. The van der Waals surface area contributed by atoms with E-state index in [1.165, 1.54) is 56.1 Å². The van der Waals surface area contributed by atoms with Gasteiger partial charge in [0.05, 0.1) is 0 Å². The second kappa shape index (κ2) is 11.0. The zero-order valence-electron chi connectivity index (χ0n) is 22.2. The Balaban J connectivity index is 1.34. The minimum Gasteiger partial charge on any atom is -0.508 e. The van der Waals surface area contributed by atoms with Gasteiger partial charge < -0.3 is 9.84 Å². The van der Waals surface area contributed by atoms with E-state index in [0.717, 1.165) is 32.1 Å². The summed E-state index contributed by atoms with van der Waals surface area (Å²) in [6.45, 7) is 9.49. The van der Waals surface area contributed by atoms with Crippen LogP contribution in [0.3, 0.4) is 0 Å². The van der Waals surface area contributed by atoms with Gasteiger partial charge in [-0.25, -0.2) is 0 Å². The highest BCUT2D eigenvalue weighted by atomic mass is 16.5. The van der Waals surface area contributed by atoms with Gasteiger partial charge in [0.25, 0.3) is 0 Å². The molecule has 190 valence electrons. The summed E-state index contributed by atoms with van der Waals surface area (Å²) in [5, 5.41) is 10.0. The summed E-state index contributed by atoms with van der Waals surface area (Å²) in [5.74, 6) is 3.40. The van der Waals surface area contributed by atoms with Crippen molar-refractivity contribution in [3.8, 4) is 5.75 Å². The number of carbonyl (C=O) groups excluding carboxylic acids is 1. The number of ether oxygens (including phenoxy) is 1. The summed E-state index contributed by atoms with van der Waals surface area (Å²) in [7, 11) is 0. The topological polar surface area (TPSA) is 46.5 Å². The molecule has 1 aromatic carbocycles. The molecule has 0 bridgehead atoms. The second-order valence-corrected chi connectivity index (χ2v) is 12.2. The van der Waals surface area contributed by atoms with Gasteiger partial charge in [0.1, 0.15) is 11.9 Å². The number of aromatic hydroxyl groups is 1. The lowest BCUT2D eigenvalue weighted by molar-refractivity contribution is -0.159. The lowest BCUT2D eigenvalue weighted by Crippen LogP contribution is -2.50. The molecule has 0 aromatic heterocycles. The Kier molecular flexibility index (Phi) is 8.31. The van der Waals surface area contributed by atoms with E-state index in [-0.39, 0.29) is 17.5 Å². The van der Waals surface area contributed by atoms with Crippen LogP contribution in [0.25, 0.3) is 0 Å². The van der Waals surface area contributed by atoms with Gasteiger partial charge in [-0.2, -0.15) is 0 Å². The number of benzene rings is 1.